The number of carbonyl (C=O) groups is 1. The average molecular weight is 192 g/mol. The van der Waals surface area contributed by atoms with Gasteiger partial charge in [0, 0.05) is 17.1 Å². The van der Waals surface area contributed by atoms with Crippen LogP contribution in [0.25, 0.3) is 0 Å². The van der Waals surface area contributed by atoms with Gasteiger partial charge in [0.05, 0.1) is 6.42 Å². The Hall–Kier alpha value is -0.791. The van der Waals surface area contributed by atoms with Crippen LogP contribution >= 0.6 is 0 Å². The van der Waals surface area contributed by atoms with E-state index in [-0.39, 0.29) is 23.5 Å². The topological polar surface area (TPSA) is 37.3 Å². The van der Waals surface area contributed by atoms with Crippen LogP contribution in [0, 0.1) is 0 Å². The van der Waals surface area contributed by atoms with Gasteiger partial charge in [0.1, 0.15) is 0 Å². The number of benzene rings is 1. The van der Waals surface area contributed by atoms with Crippen molar-refractivity contribution in [3.8, 4) is 0 Å². The van der Waals surface area contributed by atoms with Crippen molar-refractivity contribution in [2.45, 2.75) is 6.42 Å². The second kappa shape index (κ2) is 4.94. The van der Waals surface area contributed by atoms with E-state index in [0.29, 0.717) is 0 Å². The Morgan fingerprint density at radius 2 is 1.82 bits per heavy atom. The molecule has 0 saturated carbocycles. The molecular formula is C8H8FeO2. The summed E-state index contributed by atoms with van der Waals surface area (Å²) in [5, 5.41) is 8.37. The molecule has 0 aliphatic rings. The molecule has 0 aromatic heterocycles. The zero-order valence-electron chi connectivity index (χ0n) is 5.80. The summed E-state index contributed by atoms with van der Waals surface area (Å²) >= 11 is 0. The molecule has 2 nitrogen and oxygen atoms in total. The Balaban J connectivity index is 0.000001000. The third kappa shape index (κ3) is 3.81. The Labute approximate surface area is 75.7 Å². The van der Waals surface area contributed by atoms with Gasteiger partial charge in [0.25, 0.3) is 0 Å². The maximum Gasteiger partial charge on any atom is 0.307 e. The van der Waals surface area contributed by atoms with Gasteiger partial charge < -0.3 is 5.11 Å². The number of rotatable bonds is 2. The maximum atomic E-state index is 10.2. The molecule has 0 bridgehead atoms. The summed E-state index contributed by atoms with van der Waals surface area (Å²) in [6.45, 7) is 0. The van der Waals surface area contributed by atoms with Crippen molar-refractivity contribution < 1.29 is 27.0 Å². The molecule has 0 spiro atoms. The van der Waals surface area contributed by atoms with Gasteiger partial charge >= 0.3 is 5.97 Å². The van der Waals surface area contributed by atoms with Gasteiger partial charge in [-0.2, -0.15) is 0 Å². The molecule has 1 aromatic rings. The van der Waals surface area contributed by atoms with E-state index in [1.54, 1.807) is 12.1 Å². The molecule has 0 amide bonds. The first-order valence-electron chi connectivity index (χ1n) is 3.05. The Morgan fingerprint density at radius 3 is 2.27 bits per heavy atom. The maximum absolute atomic E-state index is 10.2. The summed E-state index contributed by atoms with van der Waals surface area (Å²) in [5.74, 6) is -0.786. The summed E-state index contributed by atoms with van der Waals surface area (Å²) in [4.78, 5) is 10.2. The molecule has 1 rings (SSSR count). The van der Waals surface area contributed by atoms with Gasteiger partial charge in [-0.25, -0.2) is 0 Å². The predicted molar refractivity (Wildman–Crippen MR) is 37.8 cm³/mol. The zero-order valence-corrected chi connectivity index (χ0v) is 6.91. The number of aliphatic carboxylic acids is 1. The van der Waals surface area contributed by atoms with E-state index >= 15 is 0 Å². The second-order valence-electron chi connectivity index (χ2n) is 2.06. The zero-order chi connectivity index (χ0) is 7.40. The van der Waals surface area contributed by atoms with Crippen molar-refractivity contribution in [1.82, 2.24) is 0 Å². The van der Waals surface area contributed by atoms with Crippen LogP contribution in [0.5, 0.6) is 0 Å². The van der Waals surface area contributed by atoms with Crippen molar-refractivity contribution >= 4 is 5.97 Å². The normalized spacial score (nSPS) is 8.36. The minimum atomic E-state index is -0.786. The van der Waals surface area contributed by atoms with E-state index in [1.165, 1.54) is 0 Å². The monoisotopic (exact) mass is 192 g/mol. The summed E-state index contributed by atoms with van der Waals surface area (Å²) in [5.41, 5.74) is 0.843. The largest absolute Gasteiger partial charge is 0.481 e. The molecule has 0 saturated heterocycles. The van der Waals surface area contributed by atoms with E-state index in [4.69, 9.17) is 5.11 Å². The molecule has 1 N–H and O–H groups in total. The van der Waals surface area contributed by atoms with E-state index in [0.717, 1.165) is 5.56 Å². The quantitative estimate of drug-likeness (QED) is 0.717. The molecule has 11 heavy (non-hydrogen) atoms. The standard InChI is InChI=1S/C8H8O2.Fe/c9-8(10)6-7-4-2-1-3-5-7;/h1-5H,6H2,(H,9,10);. The van der Waals surface area contributed by atoms with Gasteiger partial charge in [-0.1, -0.05) is 30.3 Å². The van der Waals surface area contributed by atoms with Crippen LogP contribution in [0.1, 0.15) is 5.56 Å². The van der Waals surface area contributed by atoms with Crippen molar-refractivity contribution in [3.63, 3.8) is 0 Å². The van der Waals surface area contributed by atoms with Gasteiger partial charge in [0.15, 0.2) is 0 Å². The summed E-state index contributed by atoms with van der Waals surface area (Å²) < 4.78 is 0. The molecule has 0 fully saturated rings. The van der Waals surface area contributed by atoms with E-state index in [1.807, 2.05) is 18.2 Å². The molecular weight excluding hydrogens is 184 g/mol. The van der Waals surface area contributed by atoms with Gasteiger partial charge in [-0.05, 0) is 5.56 Å². The molecule has 0 heterocycles. The fraction of sp³-hybridized carbons (Fsp3) is 0.125. The number of carboxylic acid groups (broad SMARTS) is 1. The SMILES string of the molecule is O=C(O)Cc1ccccc1.[Fe]. The van der Waals surface area contributed by atoms with E-state index in [2.05, 4.69) is 0 Å². The summed E-state index contributed by atoms with van der Waals surface area (Å²) in [7, 11) is 0. The Bertz CT molecular complexity index is 221. The van der Waals surface area contributed by atoms with E-state index < -0.39 is 5.97 Å². The Morgan fingerprint density at radius 1 is 1.27 bits per heavy atom. The molecule has 0 aliphatic heterocycles. The first-order valence-corrected chi connectivity index (χ1v) is 3.05. The minimum Gasteiger partial charge on any atom is -0.481 e. The van der Waals surface area contributed by atoms with Crippen LogP contribution in [-0.2, 0) is 28.3 Å². The van der Waals surface area contributed by atoms with Crippen LogP contribution in [0.4, 0.5) is 0 Å². The average Bonchev–Trinajstić information content (AvgIpc) is 1.88. The molecule has 60 valence electrons. The third-order valence-electron chi connectivity index (χ3n) is 1.20. The van der Waals surface area contributed by atoms with Gasteiger partial charge in [0.2, 0.25) is 0 Å². The first kappa shape index (κ1) is 10.2. The molecule has 1 aromatic carbocycles. The fourth-order valence-corrected chi connectivity index (χ4v) is 0.770. The van der Waals surface area contributed by atoms with Crippen LogP contribution in [0.2, 0.25) is 0 Å². The summed E-state index contributed by atoms with van der Waals surface area (Å²) in [6.07, 6.45) is 0.112. The van der Waals surface area contributed by atoms with Gasteiger partial charge in [-0.3, -0.25) is 4.79 Å². The number of carboxylic acids is 1. The molecule has 0 aliphatic carbocycles. The number of hydrogen-bond donors (Lipinski definition) is 1. The molecule has 0 unspecified atom stereocenters. The third-order valence-corrected chi connectivity index (χ3v) is 1.20. The predicted octanol–water partition coefficient (Wildman–Crippen LogP) is 1.31. The Kier molecular flexibility index (Phi) is 4.58. The van der Waals surface area contributed by atoms with Crippen molar-refractivity contribution in [2.75, 3.05) is 0 Å². The summed E-state index contributed by atoms with van der Waals surface area (Å²) in [6, 6.07) is 9.13. The number of hydrogen-bond acceptors (Lipinski definition) is 1. The van der Waals surface area contributed by atoms with Crippen LogP contribution in [0.15, 0.2) is 30.3 Å². The minimum absolute atomic E-state index is 0. The smallest absolute Gasteiger partial charge is 0.307 e. The van der Waals surface area contributed by atoms with Crippen molar-refractivity contribution in [1.29, 1.82) is 0 Å². The van der Waals surface area contributed by atoms with E-state index in [9.17, 15) is 4.79 Å². The first-order chi connectivity index (χ1) is 4.79. The van der Waals surface area contributed by atoms with Crippen LogP contribution < -0.4 is 0 Å². The van der Waals surface area contributed by atoms with Gasteiger partial charge in [-0.15, -0.1) is 0 Å². The molecule has 3 heteroatoms. The fourth-order valence-electron chi connectivity index (χ4n) is 0.770. The van der Waals surface area contributed by atoms with Crippen LogP contribution in [-0.4, -0.2) is 11.1 Å². The molecule has 0 atom stereocenters. The van der Waals surface area contributed by atoms with Crippen molar-refractivity contribution in [3.05, 3.63) is 35.9 Å². The molecule has 0 radical (unpaired) electrons. The second-order valence-corrected chi connectivity index (χ2v) is 2.06. The van der Waals surface area contributed by atoms with Crippen molar-refractivity contribution in [2.24, 2.45) is 0 Å². The van der Waals surface area contributed by atoms with Crippen LogP contribution in [0.3, 0.4) is 0 Å².